The van der Waals surface area contributed by atoms with Crippen LogP contribution in [0.15, 0.2) is 48.5 Å². The Morgan fingerprint density at radius 1 is 1.18 bits per heavy atom. The van der Waals surface area contributed by atoms with Gasteiger partial charge in [-0.2, -0.15) is 0 Å². The maximum Gasteiger partial charge on any atom is 0.271 e. The zero-order valence-electron chi connectivity index (χ0n) is 15.2. The lowest BCUT2D eigenvalue weighted by atomic mass is 10.2. The molecule has 148 valence electrons. The van der Waals surface area contributed by atoms with Crippen molar-refractivity contribution in [2.45, 2.75) is 19.4 Å². The first-order valence-electron chi connectivity index (χ1n) is 8.68. The zero-order chi connectivity index (χ0) is 20.3. The molecule has 0 bridgehead atoms. The Morgan fingerprint density at radius 3 is 2.50 bits per heavy atom. The number of hydrogen-bond acceptors (Lipinski definition) is 6. The fourth-order valence-electron chi connectivity index (χ4n) is 2.92. The molecule has 0 aliphatic carbocycles. The summed E-state index contributed by atoms with van der Waals surface area (Å²) in [5.41, 5.74) is 1.48. The van der Waals surface area contributed by atoms with Gasteiger partial charge in [0.15, 0.2) is 0 Å². The Labute approximate surface area is 162 Å². The van der Waals surface area contributed by atoms with Crippen LogP contribution in [-0.4, -0.2) is 37.6 Å². The van der Waals surface area contributed by atoms with Gasteiger partial charge in [-0.25, -0.2) is 8.42 Å². The molecule has 1 heterocycles. The number of hydrogen-bond donors (Lipinski definition) is 2. The molecule has 10 heteroatoms. The molecule has 3 rings (SSSR count). The molecule has 0 saturated carbocycles. The van der Waals surface area contributed by atoms with Crippen molar-refractivity contribution < 1.29 is 18.1 Å². The number of carbonyl (C=O) groups is 1. The molecule has 2 aromatic carbocycles. The molecule has 0 spiro atoms. The third kappa shape index (κ3) is 4.39. The molecule has 2 N–H and O–H groups in total. The molecule has 1 saturated heterocycles. The van der Waals surface area contributed by atoms with E-state index in [1.54, 1.807) is 37.3 Å². The van der Waals surface area contributed by atoms with E-state index in [2.05, 4.69) is 10.6 Å². The highest BCUT2D eigenvalue weighted by atomic mass is 32.2. The summed E-state index contributed by atoms with van der Waals surface area (Å²) in [5, 5.41) is 16.5. The van der Waals surface area contributed by atoms with E-state index in [0.717, 1.165) is 0 Å². The number of sulfonamides is 1. The second kappa shape index (κ2) is 7.85. The molecular weight excluding hydrogens is 384 g/mol. The van der Waals surface area contributed by atoms with Gasteiger partial charge >= 0.3 is 0 Å². The number of rotatable bonds is 6. The van der Waals surface area contributed by atoms with Crippen LogP contribution in [0.2, 0.25) is 0 Å². The second-order valence-corrected chi connectivity index (χ2v) is 8.46. The highest BCUT2D eigenvalue weighted by Gasteiger charge is 2.28. The molecule has 1 fully saturated rings. The van der Waals surface area contributed by atoms with Crippen molar-refractivity contribution in [1.29, 1.82) is 0 Å². The van der Waals surface area contributed by atoms with Crippen LogP contribution in [0, 0.1) is 10.1 Å². The lowest BCUT2D eigenvalue weighted by Crippen LogP contribution is -2.31. The van der Waals surface area contributed by atoms with Gasteiger partial charge in [-0.05, 0) is 43.7 Å². The van der Waals surface area contributed by atoms with Gasteiger partial charge in [-0.15, -0.1) is 0 Å². The van der Waals surface area contributed by atoms with Gasteiger partial charge < -0.3 is 10.6 Å². The fourth-order valence-corrected chi connectivity index (χ4v) is 4.48. The standard InChI is InChI=1S/C18H20N4O5S/c1-13(18(23)20-15-4-2-5-17(12-15)22(24)25)19-14-6-8-16(9-7-14)21-10-3-11-28(21,26)27/h2,4-9,12-13,19H,3,10-11H2,1H3,(H,20,23)/t13-/m1/s1. The van der Waals surface area contributed by atoms with Crippen LogP contribution in [0.1, 0.15) is 13.3 Å². The van der Waals surface area contributed by atoms with Crippen LogP contribution < -0.4 is 14.9 Å². The lowest BCUT2D eigenvalue weighted by Gasteiger charge is -2.19. The minimum Gasteiger partial charge on any atom is -0.374 e. The molecular formula is C18H20N4O5S. The molecule has 2 aromatic rings. The van der Waals surface area contributed by atoms with Crippen molar-refractivity contribution in [3.8, 4) is 0 Å². The van der Waals surface area contributed by atoms with E-state index in [1.165, 1.54) is 22.5 Å². The third-order valence-electron chi connectivity index (χ3n) is 4.36. The molecule has 0 radical (unpaired) electrons. The minimum absolute atomic E-state index is 0.106. The lowest BCUT2D eigenvalue weighted by molar-refractivity contribution is -0.384. The maximum absolute atomic E-state index is 12.3. The van der Waals surface area contributed by atoms with E-state index >= 15 is 0 Å². The SMILES string of the molecule is C[C@@H](Nc1ccc(N2CCCS2(=O)=O)cc1)C(=O)Nc1cccc([N+](=O)[O-])c1. The first-order valence-corrected chi connectivity index (χ1v) is 10.3. The van der Waals surface area contributed by atoms with Crippen LogP contribution in [0.25, 0.3) is 0 Å². The summed E-state index contributed by atoms with van der Waals surface area (Å²) >= 11 is 0. The van der Waals surface area contributed by atoms with Gasteiger partial charge in [0.1, 0.15) is 6.04 Å². The molecule has 0 unspecified atom stereocenters. The van der Waals surface area contributed by atoms with Crippen LogP contribution in [-0.2, 0) is 14.8 Å². The van der Waals surface area contributed by atoms with Crippen molar-refractivity contribution >= 4 is 38.7 Å². The van der Waals surface area contributed by atoms with Crippen molar-refractivity contribution in [3.05, 3.63) is 58.6 Å². The quantitative estimate of drug-likeness (QED) is 0.564. The predicted octanol–water partition coefficient (Wildman–Crippen LogP) is 2.57. The number of amides is 1. The van der Waals surface area contributed by atoms with E-state index in [0.29, 0.717) is 30.0 Å². The summed E-state index contributed by atoms with van der Waals surface area (Å²) in [6, 6.07) is 11.9. The van der Waals surface area contributed by atoms with Crippen LogP contribution in [0.4, 0.5) is 22.7 Å². The van der Waals surface area contributed by atoms with Gasteiger partial charge in [0, 0.05) is 30.1 Å². The highest BCUT2D eigenvalue weighted by Crippen LogP contribution is 2.25. The van der Waals surface area contributed by atoms with E-state index < -0.39 is 21.0 Å². The van der Waals surface area contributed by atoms with Crippen LogP contribution in [0.5, 0.6) is 0 Å². The number of carbonyl (C=O) groups excluding carboxylic acids is 1. The largest absolute Gasteiger partial charge is 0.374 e. The van der Waals surface area contributed by atoms with Gasteiger partial charge in [-0.3, -0.25) is 19.2 Å². The number of benzene rings is 2. The second-order valence-electron chi connectivity index (χ2n) is 6.45. The number of nitrogens with one attached hydrogen (secondary N) is 2. The third-order valence-corrected chi connectivity index (χ3v) is 6.23. The number of nitro benzene ring substituents is 1. The highest BCUT2D eigenvalue weighted by molar-refractivity contribution is 7.93. The minimum atomic E-state index is -3.23. The topological polar surface area (TPSA) is 122 Å². The van der Waals surface area contributed by atoms with Gasteiger partial charge in [0.2, 0.25) is 15.9 Å². The number of anilines is 3. The molecule has 1 atom stereocenters. The zero-order valence-corrected chi connectivity index (χ0v) is 16.0. The van der Waals surface area contributed by atoms with Crippen molar-refractivity contribution in [2.24, 2.45) is 0 Å². The Kier molecular flexibility index (Phi) is 5.50. The predicted molar refractivity (Wildman–Crippen MR) is 107 cm³/mol. The summed E-state index contributed by atoms with van der Waals surface area (Å²) < 4.78 is 25.3. The molecule has 28 heavy (non-hydrogen) atoms. The summed E-state index contributed by atoms with van der Waals surface area (Å²) in [4.78, 5) is 22.6. The van der Waals surface area contributed by atoms with E-state index in [4.69, 9.17) is 0 Å². The molecule has 9 nitrogen and oxygen atoms in total. The molecule has 1 aliphatic heterocycles. The Morgan fingerprint density at radius 2 is 1.89 bits per heavy atom. The fraction of sp³-hybridized carbons (Fsp3) is 0.278. The monoisotopic (exact) mass is 404 g/mol. The summed E-state index contributed by atoms with van der Waals surface area (Å²) in [6.45, 7) is 2.13. The maximum atomic E-state index is 12.3. The average molecular weight is 404 g/mol. The van der Waals surface area contributed by atoms with Gasteiger partial charge in [0.05, 0.1) is 16.4 Å². The Bertz CT molecular complexity index is 991. The number of nitro groups is 1. The summed E-state index contributed by atoms with van der Waals surface area (Å²) in [7, 11) is -3.23. The number of nitrogens with zero attached hydrogens (tertiary/aromatic N) is 2. The molecule has 1 aliphatic rings. The van der Waals surface area contributed by atoms with Gasteiger partial charge in [-0.1, -0.05) is 6.07 Å². The van der Waals surface area contributed by atoms with E-state index in [-0.39, 0.29) is 17.3 Å². The normalized spacial score (nSPS) is 16.4. The first-order chi connectivity index (χ1) is 13.3. The Balaban J connectivity index is 1.62. The van der Waals surface area contributed by atoms with Crippen LogP contribution in [0.3, 0.4) is 0 Å². The van der Waals surface area contributed by atoms with E-state index in [1.807, 2.05) is 0 Å². The van der Waals surface area contributed by atoms with Crippen molar-refractivity contribution in [3.63, 3.8) is 0 Å². The summed E-state index contributed by atoms with van der Waals surface area (Å²) in [6.07, 6.45) is 0.608. The van der Waals surface area contributed by atoms with Crippen LogP contribution >= 0.6 is 0 Å². The number of non-ortho nitro benzene ring substituents is 1. The summed E-state index contributed by atoms with van der Waals surface area (Å²) in [5.74, 6) is -0.200. The Hall–Kier alpha value is -3.14. The average Bonchev–Trinajstić information content (AvgIpc) is 3.01. The van der Waals surface area contributed by atoms with E-state index in [9.17, 15) is 23.3 Å². The first kappa shape index (κ1) is 19.6. The van der Waals surface area contributed by atoms with Crippen molar-refractivity contribution in [2.75, 3.05) is 27.2 Å². The molecule has 1 amide bonds. The molecule has 0 aromatic heterocycles. The van der Waals surface area contributed by atoms with Gasteiger partial charge in [0.25, 0.3) is 5.69 Å². The van der Waals surface area contributed by atoms with Crippen molar-refractivity contribution in [1.82, 2.24) is 0 Å². The smallest absolute Gasteiger partial charge is 0.271 e.